The second kappa shape index (κ2) is 13.3. The molecule has 2 fully saturated rings. The number of carbonyl (C=O) groups excluding carboxylic acids is 1. The lowest BCUT2D eigenvalue weighted by atomic mass is 10.0. The van der Waals surface area contributed by atoms with E-state index >= 15 is 0 Å². The van der Waals surface area contributed by atoms with Crippen LogP contribution in [0, 0.1) is 0 Å². The molecule has 0 aromatic heterocycles. The first kappa shape index (κ1) is 29.7. The van der Waals surface area contributed by atoms with Crippen molar-refractivity contribution >= 4 is 29.2 Å². The van der Waals surface area contributed by atoms with E-state index in [2.05, 4.69) is 32.6 Å². The molecule has 2 aromatic carbocycles. The molecule has 1 unspecified atom stereocenters. The number of amides is 1. The Balaban J connectivity index is 0.000000505. The van der Waals surface area contributed by atoms with Gasteiger partial charge in [-0.3, -0.25) is 9.69 Å². The summed E-state index contributed by atoms with van der Waals surface area (Å²) >= 11 is 5.98. The molecule has 0 aliphatic carbocycles. The number of carbonyl (C=O) groups is 2. The van der Waals surface area contributed by atoms with Gasteiger partial charge in [0.15, 0.2) is 0 Å². The van der Waals surface area contributed by atoms with Crippen molar-refractivity contribution in [1.29, 1.82) is 0 Å². The highest BCUT2D eigenvalue weighted by molar-refractivity contribution is 6.30. The number of hydrogen-bond acceptors (Lipinski definition) is 6. The Morgan fingerprint density at radius 2 is 1.66 bits per heavy atom. The number of likely N-dealkylation sites (tertiary alicyclic amines) is 1. The number of nitrogens with one attached hydrogen (secondary N) is 2. The molecule has 2 aromatic rings. The number of piperidine rings is 1. The van der Waals surface area contributed by atoms with E-state index in [0.29, 0.717) is 24.7 Å². The molecule has 2 atom stereocenters. The minimum atomic E-state index is -5.08. The maximum absolute atomic E-state index is 12.2. The van der Waals surface area contributed by atoms with Crippen LogP contribution in [0.1, 0.15) is 28.8 Å². The van der Waals surface area contributed by atoms with Crippen molar-refractivity contribution in [2.45, 2.75) is 43.8 Å². The van der Waals surface area contributed by atoms with Gasteiger partial charge >= 0.3 is 12.1 Å². The van der Waals surface area contributed by atoms with Crippen molar-refractivity contribution in [3.63, 3.8) is 0 Å². The molecule has 0 spiro atoms. The van der Waals surface area contributed by atoms with E-state index in [1.54, 1.807) is 7.05 Å². The highest BCUT2D eigenvalue weighted by Crippen LogP contribution is 2.26. The van der Waals surface area contributed by atoms with E-state index in [0.717, 1.165) is 43.2 Å². The van der Waals surface area contributed by atoms with E-state index in [1.165, 1.54) is 5.56 Å². The molecule has 1 amide bonds. The highest BCUT2D eigenvalue weighted by atomic mass is 35.5. The highest BCUT2D eigenvalue weighted by Gasteiger charge is 2.38. The second-order valence-electron chi connectivity index (χ2n) is 9.32. The SMILES string of the molecule is CNC(=O)c1ccccc1N1CC(NC2CCN(Cc3ccc(Cl)cc3)CC2)[C@H](O)C1.O=C(O)C(F)(F)F. The third-order valence-corrected chi connectivity index (χ3v) is 6.86. The van der Waals surface area contributed by atoms with Crippen LogP contribution >= 0.6 is 11.6 Å². The third kappa shape index (κ3) is 8.32. The number of β-amino-alcohol motifs (C(OH)–C–C–N with tert-alkyl or cyclic N) is 1. The fraction of sp³-hybridized carbons (Fsp3) is 0.462. The fourth-order valence-electron chi connectivity index (χ4n) is 4.63. The number of carboxylic acids is 1. The number of anilines is 1. The third-order valence-electron chi connectivity index (χ3n) is 6.60. The molecule has 2 saturated heterocycles. The molecule has 38 heavy (non-hydrogen) atoms. The van der Waals surface area contributed by atoms with Gasteiger partial charge in [-0.2, -0.15) is 13.2 Å². The summed E-state index contributed by atoms with van der Waals surface area (Å²) in [7, 11) is 1.64. The molecule has 2 aliphatic rings. The standard InChI is InChI=1S/C24H31ClN4O2.C2HF3O2/c1-26-24(31)20-4-2-3-5-22(20)29-15-21(23(30)16-29)27-19-10-12-28(13-11-19)14-17-6-8-18(25)9-7-17;3-2(4,5)1(6)7/h2-9,19,21,23,27,30H,10-16H2,1H3,(H,26,31);(H,6,7)/t21?,23-;/m1./s1. The van der Waals surface area contributed by atoms with Crippen LogP contribution in [0.15, 0.2) is 48.5 Å². The van der Waals surface area contributed by atoms with Crippen LogP contribution in [0.3, 0.4) is 0 Å². The first-order valence-corrected chi connectivity index (χ1v) is 12.6. The van der Waals surface area contributed by atoms with Crippen LogP contribution in [-0.4, -0.2) is 84.6 Å². The molecule has 2 aliphatic heterocycles. The van der Waals surface area contributed by atoms with Gasteiger partial charge in [-0.1, -0.05) is 35.9 Å². The Hall–Kier alpha value is -2.86. The number of alkyl halides is 3. The van der Waals surface area contributed by atoms with Crippen molar-refractivity contribution in [3.05, 3.63) is 64.7 Å². The average molecular weight is 557 g/mol. The molecule has 2 heterocycles. The first-order valence-electron chi connectivity index (χ1n) is 12.2. The van der Waals surface area contributed by atoms with Gasteiger partial charge in [-0.25, -0.2) is 4.79 Å². The number of halogens is 4. The average Bonchev–Trinajstić information content (AvgIpc) is 3.25. The molecular weight excluding hydrogens is 525 g/mol. The van der Waals surface area contributed by atoms with Crippen LogP contribution in [0.25, 0.3) is 0 Å². The number of carboxylic acid groups (broad SMARTS) is 1. The summed E-state index contributed by atoms with van der Waals surface area (Å²) in [5.41, 5.74) is 2.81. The summed E-state index contributed by atoms with van der Waals surface area (Å²) in [6.07, 6.45) is -3.41. The number of para-hydroxylation sites is 1. The summed E-state index contributed by atoms with van der Waals surface area (Å²) in [6, 6.07) is 16.1. The zero-order valence-corrected chi connectivity index (χ0v) is 21.7. The van der Waals surface area contributed by atoms with E-state index in [1.807, 2.05) is 36.4 Å². The topological polar surface area (TPSA) is 105 Å². The van der Waals surface area contributed by atoms with Crippen LogP contribution < -0.4 is 15.5 Å². The van der Waals surface area contributed by atoms with Crippen LogP contribution in [0.4, 0.5) is 18.9 Å². The van der Waals surface area contributed by atoms with Crippen molar-refractivity contribution < 1.29 is 33.0 Å². The Kier molecular flexibility index (Phi) is 10.4. The smallest absolute Gasteiger partial charge is 0.475 e. The van der Waals surface area contributed by atoms with Crippen LogP contribution in [0.5, 0.6) is 0 Å². The molecule has 0 bridgehead atoms. The lowest BCUT2D eigenvalue weighted by Gasteiger charge is -2.34. The monoisotopic (exact) mass is 556 g/mol. The number of aliphatic hydroxyl groups excluding tert-OH is 1. The maximum Gasteiger partial charge on any atom is 0.490 e. The number of nitrogens with zero attached hydrogens (tertiary/aromatic N) is 2. The predicted molar refractivity (Wildman–Crippen MR) is 138 cm³/mol. The Morgan fingerprint density at radius 3 is 2.24 bits per heavy atom. The van der Waals surface area contributed by atoms with Gasteiger partial charge in [0.1, 0.15) is 0 Å². The lowest BCUT2D eigenvalue weighted by Crippen LogP contribution is -2.49. The summed E-state index contributed by atoms with van der Waals surface area (Å²) in [4.78, 5) is 25.7. The van der Waals surface area contributed by atoms with Crippen molar-refractivity contribution in [2.75, 3.05) is 38.1 Å². The van der Waals surface area contributed by atoms with Gasteiger partial charge in [-0.05, 0) is 55.8 Å². The van der Waals surface area contributed by atoms with Gasteiger partial charge in [0.2, 0.25) is 0 Å². The number of aliphatic carboxylic acids is 1. The quantitative estimate of drug-likeness (QED) is 0.433. The molecule has 0 radical (unpaired) electrons. The summed E-state index contributed by atoms with van der Waals surface area (Å²) in [6.45, 7) is 4.24. The minimum absolute atomic E-state index is 0.00515. The first-order chi connectivity index (χ1) is 18.0. The van der Waals surface area contributed by atoms with Crippen molar-refractivity contribution in [3.8, 4) is 0 Å². The zero-order valence-electron chi connectivity index (χ0n) is 20.9. The van der Waals surface area contributed by atoms with E-state index in [-0.39, 0.29) is 11.9 Å². The Bertz CT molecular complexity index is 1080. The van der Waals surface area contributed by atoms with E-state index in [4.69, 9.17) is 21.5 Å². The van der Waals surface area contributed by atoms with Crippen molar-refractivity contribution in [2.24, 2.45) is 0 Å². The van der Waals surface area contributed by atoms with Gasteiger partial charge in [0.05, 0.1) is 17.7 Å². The summed E-state index contributed by atoms with van der Waals surface area (Å²) in [5, 5.41) is 25.0. The number of hydrogen-bond donors (Lipinski definition) is 4. The molecular formula is C26H32ClF3N4O4. The van der Waals surface area contributed by atoms with Gasteiger partial charge in [0, 0.05) is 43.4 Å². The van der Waals surface area contributed by atoms with Crippen LogP contribution in [-0.2, 0) is 11.3 Å². The lowest BCUT2D eigenvalue weighted by molar-refractivity contribution is -0.192. The largest absolute Gasteiger partial charge is 0.490 e. The molecule has 8 nitrogen and oxygen atoms in total. The molecule has 208 valence electrons. The second-order valence-corrected chi connectivity index (χ2v) is 9.76. The molecule has 4 N–H and O–H groups in total. The minimum Gasteiger partial charge on any atom is -0.475 e. The predicted octanol–water partition coefficient (Wildman–Crippen LogP) is 3.14. The molecule has 0 saturated carbocycles. The Labute approximate surface area is 224 Å². The van der Waals surface area contributed by atoms with Gasteiger partial charge < -0.3 is 25.7 Å². The molecule has 4 rings (SSSR count). The van der Waals surface area contributed by atoms with Crippen molar-refractivity contribution in [1.82, 2.24) is 15.5 Å². The van der Waals surface area contributed by atoms with Gasteiger partial charge in [0.25, 0.3) is 5.91 Å². The van der Waals surface area contributed by atoms with Crippen LogP contribution in [0.2, 0.25) is 5.02 Å². The number of benzene rings is 2. The summed E-state index contributed by atoms with van der Waals surface area (Å²) < 4.78 is 31.7. The zero-order chi connectivity index (χ0) is 27.9. The Morgan fingerprint density at radius 1 is 1.05 bits per heavy atom. The number of aliphatic hydroxyl groups is 1. The number of rotatable bonds is 6. The fourth-order valence-corrected chi connectivity index (χ4v) is 4.76. The molecule has 12 heteroatoms. The van der Waals surface area contributed by atoms with E-state index in [9.17, 15) is 23.1 Å². The maximum atomic E-state index is 12.2. The summed E-state index contributed by atoms with van der Waals surface area (Å²) in [5.74, 6) is -2.86. The normalized spacial score (nSPS) is 20.5. The van der Waals surface area contributed by atoms with Gasteiger partial charge in [-0.15, -0.1) is 0 Å². The van der Waals surface area contributed by atoms with E-state index < -0.39 is 18.2 Å².